The summed E-state index contributed by atoms with van der Waals surface area (Å²) in [5.74, 6) is -0.185. The monoisotopic (exact) mass is 422 g/mol. The molecule has 0 unspecified atom stereocenters. The summed E-state index contributed by atoms with van der Waals surface area (Å²) in [5, 5.41) is 11.7. The maximum Gasteiger partial charge on any atom is 0.371 e. The fraction of sp³-hybridized carbons (Fsp3) is 0.261. The van der Waals surface area contributed by atoms with Crippen LogP contribution in [-0.4, -0.2) is 20.6 Å². The number of carboxylic acid groups (broad SMARTS) is 1. The normalized spacial score (nSPS) is 11.3. The molecular formula is C23H22N2O4S. The van der Waals surface area contributed by atoms with Crippen LogP contribution in [0.15, 0.2) is 44.9 Å². The van der Waals surface area contributed by atoms with Gasteiger partial charge in [0.1, 0.15) is 16.4 Å². The van der Waals surface area contributed by atoms with Crippen molar-refractivity contribution >= 4 is 27.5 Å². The number of carbonyl (C=O) groups is 1. The number of hydrogen-bond acceptors (Lipinski definition) is 5. The second kappa shape index (κ2) is 7.91. The van der Waals surface area contributed by atoms with Crippen molar-refractivity contribution in [3.8, 4) is 11.1 Å². The Kier molecular flexibility index (Phi) is 5.30. The summed E-state index contributed by atoms with van der Waals surface area (Å²) in [4.78, 5) is 30.2. The molecule has 0 fully saturated rings. The number of aromatic carboxylic acids is 1. The lowest BCUT2D eigenvalue weighted by atomic mass is 9.99. The average molecular weight is 423 g/mol. The number of benzene rings is 1. The summed E-state index contributed by atoms with van der Waals surface area (Å²) in [7, 11) is 0. The Morgan fingerprint density at radius 2 is 2.00 bits per heavy atom. The third kappa shape index (κ3) is 3.57. The van der Waals surface area contributed by atoms with Crippen LogP contribution in [0.5, 0.6) is 0 Å². The zero-order valence-corrected chi connectivity index (χ0v) is 17.9. The Labute approximate surface area is 177 Å². The first-order valence-electron chi connectivity index (χ1n) is 9.79. The summed E-state index contributed by atoms with van der Waals surface area (Å²) in [5.41, 5.74) is 4.05. The Balaban J connectivity index is 1.89. The maximum atomic E-state index is 13.6. The quantitative estimate of drug-likeness (QED) is 0.471. The van der Waals surface area contributed by atoms with E-state index in [9.17, 15) is 9.59 Å². The fourth-order valence-electron chi connectivity index (χ4n) is 3.69. The Hall–Kier alpha value is -3.19. The number of thiophene rings is 1. The van der Waals surface area contributed by atoms with E-state index in [4.69, 9.17) is 14.5 Å². The number of rotatable bonds is 6. The van der Waals surface area contributed by atoms with Crippen molar-refractivity contribution in [2.75, 3.05) is 0 Å². The molecule has 0 saturated heterocycles. The number of nitrogens with zero attached hydrogens (tertiary/aromatic N) is 2. The second-order valence-corrected chi connectivity index (χ2v) is 8.25. The molecule has 154 valence electrons. The van der Waals surface area contributed by atoms with Gasteiger partial charge in [-0.25, -0.2) is 9.78 Å². The first-order valence-corrected chi connectivity index (χ1v) is 10.7. The highest BCUT2D eigenvalue weighted by Crippen LogP contribution is 2.33. The van der Waals surface area contributed by atoms with E-state index in [-0.39, 0.29) is 17.9 Å². The smallest absolute Gasteiger partial charge is 0.371 e. The topological polar surface area (TPSA) is 85.3 Å². The predicted molar refractivity (Wildman–Crippen MR) is 118 cm³/mol. The summed E-state index contributed by atoms with van der Waals surface area (Å²) in [6.07, 6.45) is 1.49. The van der Waals surface area contributed by atoms with E-state index in [1.54, 1.807) is 10.6 Å². The molecule has 0 amide bonds. The van der Waals surface area contributed by atoms with Gasteiger partial charge in [-0.2, -0.15) is 0 Å². The van der Waals surface area contributed by atoms with Gasteiger partial charge in [-0.1, -0.05) is 30.7 Å². The van der Waals surface area contributed by atoms with E-state index in [0.717, 1.165) is 27.9 Å². The lowest BCUT2D eigenvalue weighted by Crippen LogP contribution is -2.25. The molecule has 0 aliphatic carbocycles. The molecule has 0 aliphatic heterocycles. The molecule has 0 spiro atoms. The predicted octanol–water partition coefficient (Wildman–Crippen LogP) is 5.03. The van der Waals surface area contributed by atoms with Gasteiger partial charge in [0.2, 0.25) is 5.76 Å². The summed E-state index contributed by atoms with van der Waals surface area (Å²) in [6.45, 7) is 6.26. The average Bonchev–Trinajstić information content (AvgIpc) is 3.32. The number of carboxylic acids is 1. The van der Waals surface area contributed by atoms with Crippen LogP contribution in [0.2, 0.25) is 0 Å². The van der Waals surface area contributed by atoms with Gasteiger partial charge in [-0.3, -0.25) is 9.36 Å². The van der Waals surface area contributed by atoms with E-state index < -0.39 is 5.97 Å². The van der Waals surface area contributed by atoms with Crippen LogP contribution in [0.4, 0.5) is 0 Å². The third-order valence-electron chi connectivity index (χ3n) is 5.10. The van der Waals surface area contributed by atoms with Gasteiger partial charge in [0.25, 0.3) is 5.56 Å². The highest BCUT2D eigenvalue weighted by Gasteiger charge is 2.19. The van der Waals surface area contributed by atoms with Gasteiger partial charge in [-0.05, 0) is 43.5 Å². The Bertz CT molecular complexity index is 1310. The summed E-state index contributed by atoms with van der Waals surface area (Å²) >= 11 is 1.47. The molecular weight excluding hydrogens is 400 g/mol. The molecule has 0 bridgehead atoms. The first-order chi connectivity index (χ1) is 14.4. The lowest BCUT2D eigenvalue weighted by molar-refractivity contribution is 0.0660. The van der Waals surface area contributed by atoms with E-state index in [1.165, 1.54) is 23.0 Å². The molecule has 4 aromatic rings. The molecule has 3 heterocycles. The minimum atomic E-state index is -1.13. The highest BCUT2D eigenvalue weighted by atomic mass is 32.1. The number of aryl methyl sites for hydroxylation is 3. The Morgan fingerprint density at radius 1 is 1.20 bits per heavy atom. The van der Waals surface area contributed by atoms with E-state index in [2.05, 4.69) is 6.07 Å². The molecule has 0 radical (unpaired) electrons. The number of fused-ring (bicyclic) bond motifs is 1. The van der Waals surface area contributed by atoms with Gasteiger partial charge >= 0.3 is 5.97 Å². The number of aromatic nitrogens is 2. The SMILES string of the molecule is CCCc1nc2scc(-c3ccc(C)cc3C)c2c(=O)n1Cc1ccc(C(=O)O)o1. The number of furan rings is 1. The van der Waals surface area contributed by atoms with Crippen molar-refractivity contribution in [1.29, 1.82) is 0 Å². The second-order valence-electron chi connectivity index (χ2n) is 7.39. The first kappa shape index (κ1) is 20.1. The third-order valence-corrected chi connectivity index (χ3v) is 5.98. The zero-order valence-electron chi connectivity index (χ0n) is 17.1. The molecule has 30 heavy (non-hydrogen) atoms. The van der Waals surface area contributed by atoms with E-state index in [0.29, 0.717) is 23.4 Å². The van der Waals surface area contributed by atoms with Crippen molar-refractivity contribution in [2.45, 2.75) is 40.2 Å². The van der Waals surface area contributed by atoms with Crippen LogP contribution in [0, 0.1) is 13.8 Å². The molecule has 1 aromatic carbocycles. The van der Waals surface area contributed by atoms with E-state index in [1.807, 2.05) is 38.3 Å². The van der Waals surface area contributed by atoms with Gasteiger partial charge in [0, 0.05) is 17.4 Å². The standard InChI is InChI=1S/C23H22N2O4S/c1-4-5-19-24-21-20(17(12-30-21)16-8-6-13(2)10-14(16)3)22(26)25(19)11-15-7-9-18(29-15)23(27)28/h6-10,12H,4-5,11H2,1-3H3,(H,27,28). The lowest BCUT2D eigenvalue weighted by Gasteiger charge is -2.12. The highest BCUT2D eigenvalue weighted by molar-refractivity contribution is 7.17. The maximum absolute atomic E-state index is 13.6. The molecule has 1 N–H and O–H groups in total. The molecule has 3 aromatic heterocycles. The van der Waals surface area contributed by atoms with Crippen molar-refractivity contribution in [1.82, 2.24) is 9.55 Å². The van der Waals surface area contributed by atoms with Crippen LogP contribution < -0.4 is 5.56 Å². The summed E-state index contributed by atoms with van der Waals surface area (Å²) < 4.78 is 7.00. The Morgan fingerprint density at radius 3 is 2.67 bits per heavy atom. The van der Waals surface area contributed by atoms with Crippen LogP contribution in [0.3, 0.4) is 0 Å². The number of hydrogen-bond donors (Lipinski definition) is 1. The summed E-state index contributed by atoms with van der Waals surface area (Å²) in [6, 6.07) is 9.18. The molecule has 4 rings (SSSR count). The van der Waals surface area contributed by atoms with Crippen molar-refractivity contribution in [2.24, 2.45) is 0 Å². The van der Waals surface area contributed by atoms with E-state index >= 15 is 0 Å². The largest absolute Gasteiger partial charge is 0.475 e. The zero-order chi connectivity index (χ0) is 21.4. The van der Waals surface area contributed by atoms with Gasteiger partial charge in [0.15, 0.2) is 0 Å². The van der Waals surface area contributed by atoms with Crippen LogP contribution in [0.25, 0.3) is 21.3 Å². The molecule has 0 atom stereocenters. The van der Waals surface area contributed by atoms with Gasteiger partial charge in [0.05, 0.1) is 11.9 Å². The van der Waals surface area contributed by atoms with Crippen LogP contribution in [0.1, 0.15) is 46.6 Å². The van der Waals surface area contributed by atoms with Crippen molar-refractivity contribution in [3.05, 3.63) is 74.5 Å². The van der Waals surface area contributed by atoms with Crippen LogP contribution >= 0.6 is 11.3 Å². The van der Waals surface area contributed by atoms with Gasteiger partial charge in [-0.15, -0.1) is 11.3 Å². The minimum absolute atomic E-state index is 0.132. The van der Waals surface area contributed by atoms with Crippen LogP contribution in [-0.2, 0) is 13.0 Å². The molecule has 6 nitrogen and oxygen atoms in total. The molecule has 0 saturated carbocycles. The van der Waals surface area contributed by atoms with Gasteiger partial charge < -0.3 is 9.52 Å². The van der Waals surface area contributed by atoms with Crippen molar-refractivity contribution < 1.29 is 14.3 Å². The molecule has 7 heteroatoms. The minimum Gasteiger partial charge on any atom is -0.475 e. The fourth-order valence-corrected chi connectivity index (χ4v) is 4.64. The van der Waals surface area contributed by atoms with Crippen molar-refractivity contribution in [3.63, 3.8) is 0 Å². The molecule has 0 aliphatic rings.